The summed E-state index contributed by atoms with van der Waals surface area (Å²) in [5.74, 6) is -1.18. The molecule has 0 saturated carbocycles. The zero-order chi connectivity index (χ0) is 13.5. The summed E-state index contributed by atoms with van der Waals surface area (Å²) in [6.45, 7) is 2.25. The molecule has 0 radical (unpaired) electrons. The molecular formula is C12H18N2O4. The molecule has 6 heteroatoms. The second-order valence-electron chi connectivity index (χ2n) is 4.35. The maximum Gasteiger partial charge on any atom is 0.328 e. The first kappa shape index (κ1) is 14.5. The highest BCUT2D eigenvalue weighted by molar-refractivity contribution is 5.87. The zero-order valence-corrected chi connectivity index (χ0v) is 10.6. The minimum absolute atomic E-state index is 0.238. The monoisotopic (exact) mass is 254 g/mol. The van der Waals surface area contributed by atoms with Gasteiger partial charge in [-0.2, -0.15) is 5.26 Å². The van der Waals surface area contributed by atoms with E-state index >= 15 is 0 Å². The Kier molecular flexibility index (Phi) is 5.59. The predicted octanol–water partition coefficient (Wildman–Crippen LogP) is 0.373. The summed E-state index contributed by atoms with van der Waals surface area (Å²) in [5, 5.41) is 11.3. The molecule has 1 saturated heterocycles. The van der Waals surface area contributed by atoms with Crippen molar-refractivity contribution in [3.63, 3.8) is 0 Å². The molecule has 1 rings (SSSR count). The van der Waals surface area contributed by atoms with Gasteiger partial charge in [0.2, 0.25) is 5.91 Å². The van der Waals surface area contributed by atoms with Crippen LogP contribution in [-0.2, 0) is 19.1 Å². The van der Waals surface area contributed by atoms with Crippen LogP contribution in [0, 0.1) is 17.2 Å². The van der Waals surface area contributed by atoms with Gasteiger partial charge in [0.25, 0.3) is 0 Å². The second kappa shape index (κ2) is 6.97. The van der Waals surface area contributed by atoms with E-state index in [9.17, 15) is 9.59 Å². The molecule has 1 heterocycles. The van der Waals surface area contributed by atoms with Crippen LogP contribution in [-0.4, -0.2) is 37.7 Å². The topological polar surface area (TPSA) is 88.4 Å². The van der Waals surface area contributed by atoms with Gasteiger partial charge < -0.3 is 14.8 Å². The van der Waals surface area contributed by atoms with Gasteiger partial charge in [0.15, 0.2) is 0 Å². The van der Waals surface area contributed by atoms with Gasteiger partial charge in [-0.15, -0.1) is 0 Å². The van der Waals surface area contributed by atoms with Crippen molar-refractivity contribution >= 4 is 11.9 Å². The maximum atomic E-state index is 11.8. The lowest BCUT2D eigenvalue weighted by Gasteiger charge is -2.19. The number of hydrogen-bond acceptors (Lipinski definition) is 5. The van der Waals surface area contributed by atoms with Crippen LogP contribution in [0.5, 0.6) is 0 Å². The second-order valence-corrected chi connectivity index (χ2v) is 4.35. The molecule has 0 aliphatic carbocycles. The highest BCUT2D eigenvalue weighted by Crippen LogP contribution is 2.13. The van der Waals surface area contributed by atoms with Gasteiger partial charge in [-0.05, 0) is 26.2 Å². The molecular weight excluding hydrogens is 236 g/mol. The van der Waals surface area contributed by atoms with E-state index in [2.05, 4.69) is 10.1 Å². The molecule has 1 N–H and O–H groups in total. The zero-order valence-electron chi connectivity index (χ0n) is 10.6. The van der Waals surface area contributed by atoms with Gasteiger partial charge in [0.05, 0.1) is 13.2 Å². The lowest BCUT2D eigenvalue weighted by Crippen LogP contribution is -2.46. The summed E-state index contributed by atoms with van der Waals surface area (Å²) >= 11 is 0. The van der Waals surface area contributed by atoms with Gasteiger partial charge >= 0.3 is 5.97 Å². The molecule has 1 aliphatic heterocycles. The number of methoxy groups -OCH3 is 1. The molecule has 0 bridgehead atoms. The quantitative estimate of drug-likeness (QED) is 0.716. The van der Waals surface area contributed by atoms with E-state index < -0.39 is 18.1 Å². The lowest BCUT2D eigenvalue weighted by atomic mass is 10.0. The van der Waals surface area contributed by atoms with Crippen LogP contribution in [0.3, 0.4) is 0 Å². The Morgan fingerprint density at radius 3 is 2.83 bits per heavy atom. The van der Waals surface area contributed by atoms with E-state index in [0.717, 1.165) is 6.42 Å². The average molecular weight is 254 g/mol. The first-order valence-corrected chi connectivity index (χ1v) is 5.98. The van der Waals surface area contributed by atoms with Gasteiger partial charge in [0, 0.05) is 12.5 Å². The number of esters is 1. The van der Waals surface area contributed by atoms with Gasteiger partial charge in [-0.3, -0.25) is 4.79 Å². The van der Waals surface area contributed by atoms with Crippen LogP contribution < -0.4 is 5.32 Å². The third-order valence-electron chi connectivity index (χ3n) is 2.83. The van der Waals surface area contributed by atoms with Crippen LogP contribution in [0.25, 0.3) is 0 Å². The van der Waals surface area contributed by atoms with Crippen molar-refractivity contribution in [3.05, 3.63) is 0 Å². The molecule has 0 spiro atoms. The van der Waals surface area contributed by atoms with E-state index in [1.54, 1.807) is 6.92 Å². The van der Waals surface area contributed by atoms with E-state index in [1.165, 1.54) is 7.11 Å². The van der Waals surface area contributed by atoms with Crippen molar-refractivity contribution in [3.8, 4) is 6.07 Å². The molecule has 0 aromatic rings. The molecule has 0 aromatic heterocycles. The average Bonchev–Trinajstić information content (AvgIpc) is 2.90. The van der Waals surface area contributed by atoms with Crippen LogP contribution in [0.15, 0.2) is 0 Å². The normalized spacial score (nSPS) is 21.7. The fraction of sp³-hybridized carbons (Fsp3) is 0.750. The standard InChI is InChI=1S/C12H18N2O4/c1-8(7-13)6-9(12(16)17-2)14-11(15)10-4-3-5-18-10/h8-10H,3-6H2,1-2H3,(H,14,15)/t8-,9+,10-/m0/s1. The van der Waals surface area contributed by atoms with Gasteiger partial charge in [-0.25, -0.2) is 4.79 Å². The Bertz CT molecular complexity index is 344. The molecule has 0 unspecified atom stereocenters. The van der Waals surface area contributed by atoms with E-state index in [1.807, 2.05) is 6.07 Å². The van der Waals surface area contributed by atoms with Crippen LogP contribution in [0.4, 0.5) is 0 Å². The number of rotatable bonds is 5. The number of hydrogen-bond donors (Lipinski definition) is 1. The summed E-state index contributed by atoms with van der Waals surface area (Å²) in [6.07, 6.45) is 1.25. The summed E-state index contributed by atoms with van der Waals surface area (Å²) in [7, 11) is 1.25. The smallest absolute Gasteiger partial charge is 0.328 e. The van der Waals surface area contributed by atoms with Crippen molar-refractivity contribution in [1.82, 2.24) is 5.32 Å². The van der Waals surface area contributed by atoms with Crippen LogP contribution in [0.2, 0.25) is 0 Å². The Labute approximate surface area is 106 Å². The number of amides is 1. The van der Waals surface area contributed by atoms with Crippen molar-refractivity contribution in [1.29, 1.82) is 5.26 Å². The van der Waals surface area contributed by atoms with Crippen LogP contribution in [0.1, 0.15) is 26.2 Å². The first-order chi connectivity index (χ1) is 8.58. The largest absolute Gasteiger partial charge is 0.467 e. The number of carbonyl (C=O) groups is 2. The number of carbonyl (C=O) groups excluding carboxylic acids is 2. The Hall–Kier alpha value is -1.61. The van der Waals surface area contributed by atoms with Crippen molar-refractivity contribution < 1.29 is 19.1 Å². The van der Waals surface area contributed by atoms with Crippen LogP contribution >= 0.6 is 0 Å². The highest BCUT2D eigenvalue weighted by Gasteiger charge is 2.29. The van der Waals surface area contributed by atoms with Crippen molar-refractivity contribution in [2.45, 2.75) is 38.3 Å². The highest BCUT2D eigenvalue weighted by atomic mass is 16.5. The Morgan fingerprint density at radius 2 is 2.33 bits per heavy atom. The number of nitriles is 1. The molecule has 18 heavy (non-hydrogen) atoms. The summed E-state index contributed by atoms with van der Waals surface area (Å²) < 4.78 is 9.85. The summed E-state index contributed by atoms with van der Waals surface area (Å²) in [5.41, 5.74) is 0. The van der Waals surface area contributed by atoms with Crippen molar-refractivity contribution in [2.75, 3.05) is 13.7 Å². The summed E-state index contributed by atoms with van der Waals surface area (Å²) in [6, 6.07) is 1.24. The fourth-order valence-electron chi connectivity index (χ4n) is 1.81. The van der Waals surface area contributed by atoms with Gasteiger partial charge in [-0.1, -0.05) is 0 Å². The molecule has 3 atom stereocenters. The maximum absolute atomic E-state index is 11.8. The van der Waals surface area contributed by atoms with E-state index in [0.29, 0.717) is 13.0 Å². The molecule has 1 aliphatic rings. The molecule has 6 nitrogen and oxygen atoms in total. The minimum Gasteiger partial charge on any atom is -0.467 e. The van der Waals surface area contributed by atoms with Crippen molar-refractivity contribution in [2.24, 2.45) is 5.92 Å². The Morgan fingerprint density at radius 1 is 1.61 bits per heavy atom. The van der Waals surface area contributed by atoms with Gasteiger partial charge in [0.1, 0.15) is 12.1 Å². The number of nitrogens with one attached hydrogen (secondary N) is 1. The third-order valence-corrected chi connectivity index (χ3v) is 2.83. The van der Waals surface area contributed by atoms with E-state index in [4.69, 9.17) is 10.00 Å². The molecule has 100 valence electrons. The molecule has 1 fully saturated rings. The molecule has 1 amide bonds. The fourth-order valence-corrected chi connectivity index (χ4v) is 1.81. The predicted molar refractivity (Wildman–Crippen MR) is 62.3 cm³/mol. The number of ether oxygens (including phenoxy) is 2. The molecule has 0 aromatic carbocycles. The SMILES string of the molecule is COC(=O)[C@@H](C[C@H](C)C#N)NC(=O)[C@@H]1CCCO1. The lowest BCUT2D eigenvalue weighted by molar-refractivity contribution is -0.146. The van der Waals surface area contributed by atoms with E-state index in [-0.39, 0.29) is 18.2 Å². The minimum atomic E-state index is -0.790. The first-order valence-electron chi connectivity index (χ1n) is 5.98. The third kappa shape index (κ3) is 4.00. The number of nitrogens with zero attached hydrogens (tertiary/aromatic N) is 1. The Balaban J connectivity index is 2.57. The summed E-state index contributed by atoms with van der Waals surface area (Å²) in [4.78, 5) is 23.3.